The van der Waals surface area contributed by atoms with Gasteiger partial charge in [-0.1, -0.05) is 76.6 Å². The Labute approximate surface area is 172 Å². The highest BCUT2D eigenvalue weighted by Gasteiger charge is 2.33. The minimum absolute atomic E-state index is 0.0930. The zero-order valence-corrected chi connectivity index (χ0v) is 16.6. The van der Waals surface area contributed by atoms with Gasteiger partial charge in [0.1, 0.15) is 12.4 Å². The maximum absolute atomic E-state index is 12.3. The van der Waals surface area contributed by atoms with Crippen LogP contribution in [0.4, 0.5) is 5.69 Å². The predicted molar refractivity (Wildman–Crippen MR) is 114 cm³/mol. The molecule has 140 valence electrons. The minimum Gasteiger partial charge on any atom is -0.336 e. The standard InChI is InChI=1S/C22H19BrN4O/c23-17-11-12-19-18(13-17)21(15-7-3-1-4-8-15)27(14-20(28)26-24)22(25-19)16-9-5-2-6-10-16/h1-13,21H,14,24H2,(H,26,28)/t21-/m0/s1. The molecule has 4 rings (SSSR count). The first-order valence-electron chi connectivity index (χ1n) is 8.92. The van der Waals surface area contributed by atoms with Crippen LogP contribution in [0.25, 0.3) is 0 Å². The summed E-state index contributed by atoms with van der Waals surface area (Å²) in [7, 11) is 0. The normalized spacial score (nSPS) is 15.6. The lowest BCUT2D eigenvalue weighted by atomic mass is 9.93. The van der Waals surface area contributed by atoms with Crippen molar-refractivity contribution >= 4 is 33.4 Å². The molecule has 5 nitrogen and oxygen atoms in total. The van der Waals surface area contributed by atoms with Crippen LogP contribution in [0, 0.1) is 0 Å². The summed E-state index contributed by atoms with van der Waals surface area (Å²) in [6.45, 7) is 0.0930. The van der Waals surface area contributed by atoms with Gasteiger partial charge in [0, 0.05) is 15.6 Å². The summed E-state index contributed by atoms with van der Waals surface area (Å²) >= 11 is 3.57. The van der Waals surface area contributed by atoms with Gasteiger partial charge in [-0.05, 0) is 23.8 Å². The van der Waals surface area contributed by atoms with E-state index >= 15 is 0 Å². The molecule has 3 N–H and O–H groups in total. The molecule has 1 heterocycles. The largest absolute Gasteiger partial charge is 0.336 e. The molecule has 1 aliphatic rings. The number of halogens is 1. The van der Waals surface area contributed by atoms with E-state index in [1.54, 1.807) is 0 Å². The quantitative estimate of drug-likeness (QED) is 0.371. The SMILES string of the molecule is NNC(=O)CN1C(c2ccccc2)=Nc2ccc(Br)cc2[C@@H]1c1ccccc1. The molecular formula is C22H19BrN4O. The number of carbonyl (C=O) groups is 1. The van der Waals surface area contributed by atoms with Crippen molar-refractivity contribution in [3.05, 3.63) is 100 Å². The smallest absolute Gasteiger partial charge is 0.253 e. The molecule has 0 radical (unpaired) electrons. The highest BCUT2D eigenvalue weighted by atomic mass is 79.9. The first-order chi connectivity index (χ1) is 13.7. The highest BCUT2D eigenvalue weighted by molar-refractivity contribution is 9.10. The lowest BCUT2D eigenvalue weighted by molar-refractivity contribution is -0.121. The fourth-order valence-corrected chi connectivity index (χ4v) is 3.87. The van der Waals surface area contributed by atoms with E-state index in [2.05, 4.69) is 39.6 Å². The number of rotatable bonds is 4. The number of hydrazine groups is 1. The van der Waals surface area contributed by atoms with Crippen molar-refractivity contribution < 1.29 is 4.79 Å². The van der Waals surface area contributed by atoms with E-state index in [1.165, 1.54) is 0 Å². The van der Waals surface area contributed by atoms with E-state index < -0.39 is 0 Å². The van der Waals surface area contributed by atoms with Gasteiger partial charge >= 0.3 is 0 Å². The molecule has 0 spiro atoms. The monoisotopic (exact) mass is 434 g/mol. The van der Waals surface area contributed by atoms with Crippen LogP contribution in [0.3, 0.4) is 0 Å². The molecule has 1 atom stereocenters. The number of hydrogen-bond acceptors (Lipinski definition) is 4. The van der Waals surface area contributed by atoms with E-state index in [9.17, 15) is 4.79 Å². The van der Waals surface area contributed by atoms with Crippen LogP contribution in [0.2, 0.25) is 0 Å². The number of aliphatic imine (C=N–C) groups is 1. The maximum Gasteiger partial charge on any atom is 0.253 e. The van der Waals surface area contributed by atoms with E-state index in [1.807, 2.05) is 65.6 Å². The van der Waals surface area contributed by atoms with Crippen molar-refractivity contribution in [1.29, 1.82) is 0 Å². The number of benzene rings is 3. The number of nitrogens with one attached hydrogen (secondary N) is 1. The summed E-state index contributed by atoms with van der Waals surface area (Å²) in [6, 6.07) is 25.9. The summed E-state index contributed by atoms with van der Waals surface area (Å²) in [5, 5.41) is 0. The maximum atomic E-state index is 12.3. The third kappa shape index (κ3) is 3.56. The lowest BCUT2D eigenvalue weighted by Crippen LogP contribution is -2.46. The molecule has 0 aromatic heterocycles. The van der Waals surface area contributed by atoms with Gasteiger partial charge in [-0.2, -0.15) is 0 Å². The van der Waals surface area contributed by atoms with Gasteiger partial charge in [-0.25, -0.2) is 10.8 Å². The fourth-order valence-electron chi connectivity index (χ4n) is 3.49. The number of amides is 1. The molecule has 6 heteroatoms. The number of nitrogens with zero attached hydrogens (tertiary/aromatic N) is 2. The second kappa shape index (κ2) is 7.96. The van der Waals surface area contributed by atoms with Gasteiger partial charge < -0.3 is 4.90 Å². The molecule has 0 bridgehead atoms. The predicted octanol–water partition coefficient (Wildman–Crippen LogP) is 3.92. The van der Waals surface area contributed by atoms with E-state index in [0.717, 1.165) is 32.7 Å². The fraction of sp³-hybridized carbons (Fsp3) is 0.0909. The topological polar surface area (TPSA) is 70.7 Å². The van der Waals surface area contributed by atoms with Crippen LogP contribution in [-0.4, -0.2) is 23.2 Å². The van der Waals surface area contributed by atoms with E-state index in [-0.39, 0.29) is 18.5 Å². The number of amidine groups is 1. The van der Waals surface area contributed by atoms with Gasteiger partial charge in [-0.15, -0.1) is 0 Å². The molecule has 0 saturated carbocycles. The van der Waals surface area contributed by atoms with Gasteiger partial charge in [-0.3, -0.25) is 10.2 Å². The minimum atomic E-state index is -0.275. The number of carbonyl (C=O) groups excluding carboxylic acids is 1. The van der Waals surface area contributed by atoms with E-state index in [4.69, 9.17) is 10.8 Å². The average Bonchev–Trinajstić information content (AvgIpc) is 2.74. The summed E-state index contributed by atoms with van der Waals surface area (Å²) < 4.78 is 0.966. The van der Waals surface area contributed by atoms with Crippen LogP contribution < -0.4 is 11.3 Å². The molecule has 3 aromatic carbocycles. The highest BCUT2D eigenvalue weighted by Crippen LogP contribution is 2.41. The Balaban J connectivity index is 1.94. The van der Waals surface area contributed by atoms with Crippen molar-refractivity contribution in [1.82, 2.24) is 10.3 Å². The third-order valence-electron chi connectivity index (χ3n) is 4.72. The third-order valence-corrected chi connectivity index (χ3v) is 5.21. The second-order valence-electron chi connectivity index (χ2n) is 6.51. The van der Waals surface area contributed by atoms with Gasteiger partial charge in [0.2, 0.25) is 0 Å². The van der Waals surface area contributed by atoms with Crippen molar-refractivity contribution in [2.75, 3.05) is 6.54 Å². The van der Waals surface area contributed by atoms with Crippen molar-refractivity contribution in [3.63, 3.8) is 0 Å². The van der Waals surface area contributed by atoms with Crippen LogP contribution in [0.1, 0.15) is 22.7 Å². The van der Waals surface area contributed by atoms with Gasteiger partial charge in [0.25, 0.3) is 5.91 Å². The van der Waals surface area contributed by atoms with Crippen LogP contribution in [0.5, 0.6) is 0 Å². The average molecular weight is 435 g/mol. The van der Waals surface area contributed by atoms with Crippen molar-refractivity contribution in [2.45, 2.75) is 6.04 Å². The molecule has 0 fully saturated rings. The molecule has 0 unspecified atom stereocenters. The summed E-state index contributed by atoms with van der Waals surface area (Å²) in [6.07, 6.45) is 0. The summed E-state index contributed by atoms with van der Waals surface area (Å²) in [5.74, 6) is 5.87. The number of hydrogen-bond donors (Lipinski definition) is 2. The molecule has 1 amide bonds. The van der Waals surface area contributed by atoms with Crippen LogP contribution in [-0.2, 0) is 4.79 Å². The zero-order valence-electron chi connectivity index (χ0n) is 15.0. The first kappa shape index (κ1) is 18.4. The Bertz CT molecular complexity index is 1020. The lowest BCUT2D eigenvalue weighted by Gasteiger charge is -2.38. The van der Waals surface area contributed by atoms with E-state index in [0.29, 0.717) is 0 Å². The number of nitrogens with two attached hydrogens (primary N) is 1. The Kier molecular flexibility index (Phi) is 5.23. The van der Waals surface area contributed by atoms with Gasteiger partial charge in [0.15, 0.2) is 0 Å². The Morgan fingerprint density at radius 2 is 1.71 bits per heavy atom. The summed E-state index contributed by atoms with van der Waals surface area (Å²) in [5.41, 5.74) is 6.19. The molecule has 0 saturated heterocycles. The molecule has 28 heavy (non-hydrogen) atoms. The molecule has 3 aromatic rings. The molecular weight excluding hydrogens is 416 g/mol. The van der Waals surface area contributed by atoms with Crippen LogP contribution in [0.15, 0.2) is 88.3 Å². The summed E-state index contributed by atoms with van der Waals surface area (Å²) in [4.78, 5) is 19.2. The molecule has 1 aliphatic heterocycles. The van der Waals surface area contributed by atoms with Gasteiger partial charge in [0.05, 0.1) is 11.7 Å². The zero-order chi connectivity index (χ0) is 19.5. The molecule has 0 aliphatic carbocycles. The van der Waals surface area contributed by atoms with Crippen molar-refractivity contribution in [2.24, 2.45) is 10.8 Å². The van der Waals surface area contributed by atoms with Crippen LogP contribution >= 0.6 is 15.9 Å². The Morgan fingerprint density at radius 3 is 2.39 bits per heavy atom. The Morgan fingerprint density at radius 1 is 1.04 bits per heavy atom. The first-order valence-corrected chi connectivity index (χ1v) is 9.71. The Hall–Kier alpha value is -2.96. The number of fused-ring (bicyclic) bond motifs is 1. The van der Waals surface area contributed by atoms with Crippen molar-refractivity contribution in [3.8, 4) is 0 Å². The second-order valence-corrected chi connectivity index (χ2v) is 7.43.